The van der Waals surface area contributed by atoms with E-state index in [0.717, 1.165) is 38.5 Å². The standard InChI is InChI=1S/C15H27N3O2/c1-14(2)9-6-11(10-14)17-13(19)15(12(16)18-20)7-4-3-5-8-15/h11,20H,3-10H2,1-2H3,(H2,16,18)(H,17,19). The van der Waals surface area contributed by atoms with E-state index in [-0.39, 0.29) is 17.8 Å². The average Bonchev–Trinajstić information content (AvgIpc) is 2.77. The van der Waals surface area contributed by atoms with E-state index >= 15 is 0 Å². The van der Waals surface area contributed by atoms with Gasteiger partial charge in [-0.1, -0.05) is 38.3 Å². The zero-order valence-corrected chi connectivity index (χ0v) is 12.6. The molecule has 0 aromatic rings. The van der Waals surface area contributed by atoms with Crippen LogP contribution in [0.15, 0.2) is 5.16 Å². The largest absolute Gasteiger partial charge is 0.409 e. The lowest BCUT2D eigenvalue weighted by Gasteiger charge is -2.35. The molecule has 0 heterocycles. The lowest BCUT2D eigenvalue weighted by atomic mass is 9.72. The number of nitrogens with two attached hydrogens (primary N) is 1. The Morgan fingerprint density at radius 2 is 1.90 bits per heavy atom. The second-order valence-corrected chi connectivity index (χ2v) is 7.21. The summed E-state index contributed by atoms with van der Waals surface area (Å²) in [7, 11) is 0. The van der Waals surface area contributed by atoms with E-state index in [1.54, 1.807) is 0 Å². The third-order valence-electron chi connectivity index (χ3n) is 5.04. The maximum Gasteiger partial charge on any atom is 0.234 e. The van der Waals surface area contributed by atoms with E-state index in [1.165, 1.54) is 0 Å². The molecule has 2 rings (SSSR count). The van der Waals surface area contributed by atoms with E-state index in [1.807, 2.05) is 0 Å². The first-order valence-electron chi connectivity index (χ1n) is 7.69. The van der Waals surface area contributed by atoms with Gasteiger partial charge in [0.2, 0.25) is 5.91 Å². The quantitative estimate of drug-likeness (QED) is 0.321. The van der Waals surface area contributed by atoms with Crippen LogP contribution >= 0.6 is 0 Å². The topological polar surface area (TPSA) is 87.7 Å². The fraction of sp³-hybridized carbons (Fsp3) is 0.867. The smallest absolute Gasteiger partial charge is 0.234 e. The predicted octanol–water partition coefficient (Wildman–Crippen LogP) is 2.38. The first-order valence-corrected chi connectivity index (χ1v) is 7.69. The van der Waals surface area contributed by atoms with Crippen molar-refractivity contribution in [1.29, 1.82) is 0 Å². The van der Waals surface area contributed by atoms with E-state index in [4.69, 9.17) is 10.9 Å². The van der Waals surface area contributed by atoms with E-state index in [0.29, 0.717) is 18.3 Å². The molecular weight excluding hydrogens is 254 g/mol. The summed E-state index contributed by atoms with van der Waals surface area (Å²) < 4.78 is 0. The van der Waals surface area contributed by atoms with Crippen molar-refractivity contribution in [1.82, 2.24) is 5.32 Å². The number of amidine groups is 1. The van der Waals surface area contributed by atoms with Crippen molar-refractivity contribution in [2.24, 2.45) is 21.7 Å². The Bertz CT molecular complexity index is 398. The number of oxime groups is 1. The summed E-state index contributed by atoms with van der Waals surface area (Å²) in [6, 6.07) is 0.225. The van der Waals surface area contributed by atoms with Crippen LogP contribution in [-0.2, 0) is 4.79 Å². The molecule has 4 N–H and O–H groups in total. The Kier molecular flexibility index (Phi) is 4.25. The van der Waals surface area contributed by atoms with Gasteiger partial charge in [-0.25, -0.2) is 0 Å². The molecule has 2 fully saturated rings. The number of amides is 1. The zero-order chi connectivity index (χ0) is 14.8. The number of carbonyl (C=O) groups is 1. The molecule has 5 heteroatoms. The molecule has 5 nitrogen and oxygen atoms in total. The van der Waals surface area contributed by atoms with Gasteiger partial charge in [-0.2, -0.15) is 0 Å². The molecule has 2 aliphatic carbocycles. The van der Waals surface area contributed by atoms with Gasteiger partial charge in [0.15, 0.2) is 5.84 Å². The van der Waals surface area contributed by atoms with Crippen molar-refractivity contribution in [2.45, 2.75) is 71.3 Å². The van der Waals surface area contributed by atoms with Gasteiger partial charge in [-0.3, -0.25) is 4.79 Å². The van der Waals surface area contributed by atoms with Crippen molar-refractivity contribution < 1.29 is 10.0 Å². The van der Waals surface area contributed by atoms with Crippen molar-refractivity contribution in [3.8, 4) is 0 Å². The molecular formula is C15H27N3O2. The van der Waals surface area contributed by atoms with Gasteiger partial charge in [-0.15, -0.1) is 0 Å². The summed E-state index contributed by atoms with van der Waals surface area (Å²) >= 11 is 0. The second-order valence-electron chi connectivity index (χ2n) is 7.21. The highest BCUT2D eigenvalue weighted by molar-refractivity contribution is 6.06. The van der Waals surface area contributed by atoms with Crippen molar-refractivity contribution in [2.75, 3.05) is 0 Å². The summed E-state index contributed by atoms with van der Waals surface area (Å²) in [5.74, 6) is 0.0298. The van der Waals surface area contributed by atoms with Gasteiger partial charge in [0.25, 0.3) is 0 Å². The van der Waals surface area contributed by atoms with Gasteiger partial charge in [0, 0.05) is 6.04 Å². The van der Waals surface area contributed by atoms with Crippen LogP contribution in [0.2, 0.25) is 0 Å². The average molecular weight is 281 g/mol. The molecule has 0 aliphatic heterocycles. The SMILES string of the molecule is CC1(C)CCC(NC(=O)C2(C(N)=NO)CCCCC2)C1. The van der Waals surface area contributed by atoms with Crippen molar-refractivity contribution >= 4 is 11.7 Å². The molecule has 0 saturated heterocycles. The molecule has 20 heavy (non-hydrogen) atoms. The monoisotopic (exact) mass is 281 g/mol. The Balaban J connectivity index is 2.08. The number of hydrogen-bond donors (Lipinski definition) is 3. The Labute approximate surface area is 121 Å². The minimum absolute atomic E-state index is 0.0461. The summed E-state index contributed by atoms with van der Waals surface area (Å²) in [6.07, 6.45) is 7.56. The molecule has 114 valence electrons. The summed E-state index contributed by atoms with van der Waals surface area (Å²) in [5, 5.41) is 15.3. The molecule has 2 aliphatic rings. The Hall–Kier alpha value is -1.26. The predicted molar refractivity (Wildman–Crippen MR) is 78.5 cm³/mol. The fourth-order valence-electron chi connectivity index (χ4n) is 3.73. The third-order valence-corrected chi connectivity index (χ3v) is 5.04. The first kappa shape index (κ1) is 15.1. The summed E-state index contributed by atoms with van der Waals surface area (Å²) in [5.41, 5.74) is 5.36. The maximum atomic E-state index is 12.7. The highest BCUT2D eigenvalue weighted by atomic mass is 16.4. The van der Waals surface area contributed by atoms with Crippen LogP contribution in [-0.4, -0.2) is 23.0 Å². The highest BCUT2D eigenvalue weighted by Gasteiger charge is 2.45. The van der Waals surface area contributed by atoms with Crippen molar-refractivity contribution in [3.63, 3.8) is 0 Å². The lowest BCUT2D eigenvalue weighted by Crippen LogP contribution is -2.53. The van der Waals surface area contributed by atoms with Crippen LogP contribution in [0.3, 0.4) is 0 Å². The Morgan fingerprint density at radius 3 is 2.40 bits per heavy atom. The molecule has 0 spiro atoms. The van der Waals surface area contributed by atoms with Gasteiger partial charge in [0.05, 0.1) is 0 Å². The number of hydrogen-bond acceptors (Lipinski definition) is 3. The minimum atomic E-state index is -0.792. The van der Waals surface area contributed by atoms with Gasteiger partial charge in [-0.05, 0) is 37.5 Å². The number of nitrogens with one attached hydrogen (secondary N) is 1. The minimum Gasteiger partial charge on any atom is -0.409 e. The van der Waals surface area contributed by atoms with Gasteiger partial charge >= 0.3 is 0 Å². The molecule has 0 bridgehead atoms. The fourth-order valence-corrected chi connectivity index (χ4v) is 3.73. The number of rotatable bonds is 3. The third kappa shape index (κ3) is 2.91. The van der Waals surface area contributed by atoms with Crippen LogP contribution in [0.5, 0.6) is 0 Å². The van der Waals surface area contributed by atoms with Crippen LogP contribution in [0.25, 0.3) is 0 Å². The van der Waals surface area contributed by atoms with E-state index < -0.39 is 5.41 Å². The van der Waals surface area contributed by atoms with E-state index in [2.05, 4.69) is 24.3 Å². The molecule has 0 aromatic heterocycles. The maximum absolute atomic E-state index is 12.7. The molecule has 1 atom stereocenters. The first-order chi connectivity index (χ1) is 9.39. The highest BCUT2D eigenvalue weighted by Crippen LogP contribution is 2.40. The van der Waals surface area contributed by atoms with Crippen LogP contribution in [0.1, 0.15) is 65.2 Å². The molecule has 0 aromatic carbocycles. The number of carbonyl (C=O) groups excluding carboxylic acids is 1. The molecule has 1 amide bonds. The summed E-state index contributed by atoms with van der Waals surface area (Å²) in [4.78, 5) is 12.7. The van der Waals surface area contributed by atoms with Crippen LogP contribution in [0.4, 0.5) is 0 Å². The number of nitrogens with zero attached hydrogens (tertiary/aromatic N) is 1. The van der Waals surface area contributed by atoms with Crippen molar-refractivity contribution in [3.05, 3.63) is 0 Å². The lowest BCUT2D eigenvalue weighted by molar-refractivity contribution is -0.129. The normalized spacial score (nSPS) is 29.1. The van der Waals surface area contributed by atoms with E-state index in [9.17, 15) is 4.79 Å². The van der Waals surface area contributed by atoms with Gasteiger partial charge < -0.3 is 16.3 Å². The summed E-state index contributed by atoms with van der Waals surface area (Å²) in [6.45, 7) is 4.47. The molecule has 2 saturated carbocycles. The Morgan fingerprint density at radius 1 is 1.25 bits per heavy atom. The van der Waals surface area contributed by atoms with Gasteiger partial charge in [0.1, 0.15) is 5.41 Å². The van der Waals surface area contributed by atoms with Crippen LogP contribution < -0.4 is 11.1 Å². The van der Waals surface area contributed by atoms with Crippen LogP contribution in [0, 0.1) is 10.8 Å². The molecule has 0 radical (unpaired) electrons. The zero-order valence-electron chi connectivity index (χ0n) is 12.6. The molecule has 1 unspecified atom stereocenters. The second kappa shape index (κ2) is 5.62.